The lowest BCUT2D eigenvalue weighted by Gasteiger charge is -2.39. The van der Waals surface area contributed by atoms with Crippen LogP contribution in [0.2, 0.25) is 0 Å². The summed E-state index contributed by atoms with van der Waals surface area (Å²) in [5.41, 5.74) is 0.145. The van der Waals surface area contributed by atoms with Crippen molar-refractivity contribution in [3.05, 3.63) is 0 Å². The number of ether oxygens (including phenoxy) is 1. The van der Waals surface area contributed by atoms with Crippen LogP contribution in [0, 0.1) is 0 Å². The summed E-state index contributed by atoms with van der Waals surface area (Å²) in [5.74, 6) is 3.14. The zero-order chi connectivity index (χ0) is 12.3. The van der Waals surface area contributed by atoms with E-state index in [-0.39, 0.29) is 5.60 Å². The van der Waals surface area contributed by atoms with Gasteiger partial charge in [0.05, 0.1) is 5.60 Å². The van der Waals surface area contributed by atoms with Crippen LogP contribution in [0.3, 0.4) is 0 Å². The minimum Gasteiger partial charge on any atom is -0.374 e. The maximum Gasteiger partial charge on any atom is 0.0795 e. The van der Waals surface area contributed by atoms with Gasteiger partial charge in [0.25, 0.3) is 0 Å². The first-order chi connectivity index (χ1) is 8.10. The topological polar surface area (TPSA) is 38.3 Å². The molecule has 2 aliphatic heterocycles. The summed E-state index contributed by atoms with van der Waals surface area (Å²) in [6.45, 7) is 3.01. The Labute approximate surface area is 111 Å². The lowest BCUT2D eigenvalue weighted by atomic mass is 9.89. The molecule has 0 aliphatic carbocycles. The molecule has 2 saturated heterocycles. The number of rotatable bonds is 4. The van der Waals surface area contributed by atoms with Gasteiger partial charge in [-0.1, -0.05) is 0 Å². The normalized spacial score (nSPS) is 37.2. The second-order valence-corrected chi connectivity index (χ2v) is 7.92. The third kappa shape index (κ3) is 3.94. The van der Waals surface area contributed by atoms with Crippen LogP contribution in [0.15, 0.2) is 0 Å². The lowest BCUT2D eigenvalue weighted by molar-refractivity contribution is -0.0708. The van der Waals surface area contributed by atoms with E-state index in [4.69, 9.17) is 4.74 Å². The van der Waals surface area contributed by atoms with E-state index in [1.807, 2.05) is 11.8 Å². The van der Waals surface area contributed by atoms with Crippen LogP contribution in [-0.2, 0) is 15.5 Å². The number of hydrogen-bond acceptors (Lipinski definition) is 4. The summed E-state index contributed by atoms with van der Waals surface area (Å²) in [4.78, 5) is 0. The van der Waals surface area contributed by atoms with Gasteiger partial charge in [-0.15, -0.1) is 0 Å². The molecule has 2 aliphatic rings. The molecule has 0 bridgehead atoms. The molecule has 4 atom stereocenters. The Kier molecular flexibility index (Phi) is 4.92. The molecule has 0 aromatic heterocycles. The largest absolute Gasteiger partial charge is 0.374 e. The van der Waals surface area contributed by atoms with Gasteiger partial charge in [0.1, 0.15) is 0 Å². The Morgan fingerprint density at radius 1 is 1.65 bits per heavy atom. The maximum atomic E-state index is 11.2. The first-order valence-electron chi connectivity index (χ1n) is 6.37. The third-order valence-electron chi connectivity index (χ3n) is 3.57. The van der Waals surface area contributed by atoms with Crippen molar-refractivity contribution in [3.63, 3.8) is 0 Å². The molecule has 0 aromatic carbocycles. The summed E-state index contributed by atoms with van der Waals surface area (Å²) in [6, 6.07) is 0.885. The summed E-state index contributed by atoms with van der Waals surface area (Å²) in [7, 11) is -0.708. The van der Waals surface area contributed by atoms with E-state index in [1.165, 1.54) is 12.2 Å². The molecule has 17 heavy (non-hydrogen) atoms. The van der Waals surface area contributed by atoms with Crippen LogP contribution in [0.25, 0.3) is 0 Å². The average molecular weight is 277 g/mol. The molecule has 0 radical (unpaired) electrons. The van der Waals surface area contributed by atoms with E-state index in [9.17, 15) is 4.21 Å². The number of hydrogen-bond donors (Lipinski definition) is 1. The monoisotopic (exact) mass is 277 g/mol. The second-order valence-electron chi connectivity index (χ2n) is 5.33. The maximum absolute atomic E-state index is 11.2. The molecule has 2 heterocycles. The fourth-order valence-electron chi connectivity index (χ4n) is 2.84. The fourth-order valence-corrected chi connectivity index (χ4v) is 5.01. The summed E-state index contributed by atoms with van der Waals surface area (Å²) < 4.78 is 17.2. The van der Waals surface area contributed by atoms with Gasteiger partial charge in [-0.05, 0) is 31.9 Å². The van der Waals surface area contributed by atoms with Gasteiger partial charge in [0, 0.05) is 47.3 Å². The van der Waals surface area contributed by atoms with Crippen molar-refractivity contribution in [2.45, 2.75) is 43.9 Å². The van der Waals surface area contributed by atoms with Crippen molar-refractivity contribution in [2.75, 3.05) is 30.1 Å². The quantitative estimate of drug-likeness (QED) is 0.843. The summed E-state index contributed by atoms with van der Waals surface area (Å²) >= 11 is 2.01. The third-order valence-corrected chi connectivity index (χ3v) is 5.76. The van der Waals surface area contributed by atoms with Crippen LogP contribution in [0.1, 0.15) is 26.2 Å². The van der Waals surface area contributed by atoms with Gasteiger partial charge < -0.3 is 10.1 Å². The molecule has 4 unspecified atom stereocenters. The van der Waals surface area contributed by atoms with Gasteiger partial charge in [0.15, 0.2) is 0 Å². The predicted molar refractivity (Wildman–Crippen MR) is 75.2 cm³/mol. The van der Waals surface area contributed by atoms with E-state index < -0.39 is 10.8 Å². The van der Waals surface area contributed by atoms with Gasteiger partial charge in [-0.2, -0.15) is 11.8 Å². The molecule has 5 heteroatoms. The first kappa shape index (κ1) is 13.8. The van der Waals surface area contributed by atoms with E-state index in [0.717, 1.165) is 31.0 Å². The van der Waals surface area contributed by atoms with E-state index in [0.29, 0.717) is 12.1 Å². The highest BCUT2D eigenvalue weighted by Crippen LogP contribution is 2.38. The molecular formula is C12H23NO2S2. The van der Waals surface area contributed by atoms with E-state index >= 15 is 0 Å². The Morgan fingerprint density at radius 3 is 3.12 bits per heavy atom. The van der Waals surface area contributed by atoms with Gasteiger partial charge >= 0.3 is 0 Å². The van der Waals surface area contributed by atoms with Gasteiger partial charge in [-0.3, -0.25) is 4.21 Å². The Bertz CT molecular complexity index is 280. The zero-order valence-electron chi connectivity index (χ0n) is 10.7. The molecule has 3 nitrogen and oxygen atoms in total. The summed E-state index contributed by atoms with van der Waals surface area (Å²) in [5, 5.41) is 3.62. The minimum atomic E-state index is -0.708. The first-order valence-corrected chi connectivity index (χ1v) is 9.26. The van der Waals surface area contributed by atoms with E-state index in [1.54, 1.807) is 6.26 Å². The highest BCUT2D eigenvalue weighted by Gasteiger charge is 2.40. The van der Waals surface area contributed by atoms with E-state index in [2.05, 4.69) is 12.2 Å². The van der Waals surface area contributed by atoms with Crippen LogP contribution in [0.4, 0.5) is 0 Å². The van der Waals surface area contributed by atoms with Crippen molar-refractivity contribution in [2.24, 2.45) is 0 Å². The van der Waals surface area contributed by atoms with Crippen LogP contribution < -0.4 is 5.32 Å². The molecule has 2 rings (SSSR count). The molecule has 1 spiro atoms. The van der Waals surface area contributed by atoms with Crippen molar-refractivity contribution in [1.82, 2.24) is 5.32 Å². The van der Waals surface area contributed by atoms with Crippen molar-refractivity contribution in [1.29, 1.82) is 0 Å². The second kappa shape index (κ2) is 6.04. The van der Waals surface area contributed by atoms with Gasteiger partial charge in [-0.25, -0.2) is 0 Å². The number of nitrogens with one attached hydrogen (secondary N) is 1. The van der Waals surface area contributed by atoms with Crippen LogP contribution in [-0.4, -0.2) is 52.0 Å². The van der Waals surface area contributed by atoms with Gasteiger partial charge in [0.2, 0.25) is 0 Å². The molecule has 0 amide bonds. The highest BCUT2D eigenvalue weighted by molar-refractivity contribution is 7.99. The molecule has 1 N–H and O–H groups in total. The lowest BCUT2D eigenvalue weighted by Crippen LogP contribution is -2.50. The Hall–Kier alpha value is 0.420. The fraction of sp³-hybridized carbons (Fsp3) is 1.00. The SMILES string of the molecule is CC(CS(C)=O)NC1CCOC2(CCSC2)C1. The molecule has 2 fully saturated rings. The highest BCUT2D eigenvalue weighted by atomic mass is 32.2. The standard InChI is InChI=1S/C12H23NO2S2/c1-10(8-17(2)14)13-11-3-5-15-12(7-11)4-6-16-9-12/h10-11,13H,3-9H2,1-2H3. The van der Waals surface area contributed by atoms with Crippen LogP contribution in [0.5, 0.6) is 0 Å². The van der Waals surface area contributed by atoms with Crippen LogP contribution >= 0.6 is 11.8 Å². The van der Waals surface area contributed by atoms with Crippen molar-refractivity contribution in [3.8, 4) is 0 Å². The average Bonchev–Trinajstić information content (AvgIpc) is 2.64. The number of thioether (sulfide) groups is 1. The molecule has 100 valence electrons. The summed E-state index contributed by atoms with van der Waals surface area (Å²) in [6.07, 6.45) is 5.19. The molecule has 0 aromatic rings. The Morgan fingerprint density at radius 2 is 2.47 bits per heavy atom. The van der Waals surface area contributed by atoms with Crippen molar-refractivity contribution >= 4 is 22.6 Å². The molecular weight excluding hydrogens is 254 g/mol. The molecule has 0 saturated carbocycles. The minimum absolute atomic E-state index is 0.145. The van der Waals surface area contributed by atoms with Crippen molar-refractivity contribution < 1.29 is 8.95 Å². The smallest absolute Gasteiger partial charge is 0.0795 e. The zero-order valence-corrected chi connectivity index (χ0v) is 12.4. The Balaban J connectivity index is 1.83. The predicted octanol–water partition coefficient (Wildman–Crippen LogP) is 1.40.